The summed E-state index contributed by atoms with van der Waals surface area (Å²) in [6, 6.07) is 4.22. The first kappa shape index (κ1) is 13.9. The molecule has 2 heterocycles. The Labute approximate surface area is 132 Å². The zero-order valence-corrected chi connectivity index (χ0v) is 13.3. The summed E-state index contributed by atoms with van der Waals surface area (Å²) in [6.07, 6.45) is 10.2. The minimum atomic E-state index is 0.293. The van der Waals surface area contributed by atoms with Gasteiger partial charge in [0.05, 0.1) is 6.61 Å². The Morgan fingerprint density at radius 3 is 3.00 bits per heavy atom. The fraction of sp³-hybridized carbons (Fsp3) is 0.667. The largest absolute Gasteiger partial charge is 0.493 e. The fourth-order valence-electron chi connectivity index (χ4n) is 4.26. The van der Waals surface area contributed by atoms with Crippen molar-refractivity contribution in [1.29, 1.82) is 0 Å². The van der Waals surface area contributed by atoms with Crippen LogP contribution in [0.1, 0.15) is 49.7 Å². The predicted molar refractivity (Wildman–Crippen MR) is 86.3 cm³/mol. The number of fused-ring (bicyclic) bond motifs is 1. The van der Waals surface area contributed by atoms with E-state index in [0.717, 1.165) is 36.1 Å². The molecule has 1 N–H and O–H groups in total. The Kier molecular flexibility index (Phi) is 3.63. The molecule has 1 saturated carbocycles. The first-order valence-corrected chi connectivity index (χ1v) is 8.84. The minimum absolute atomic E-state index is 0.293. The van der Waals surface area contributed by atoms with Crippen LogP contribution in [0, 0.1) is 5.92 Å². The second-order valence-electron chi connectivity index (χ2n) is 7.00. The molecule has 4 rings (SSSR count). The van der Waals surface area contributed by atoms with Gasteiger partial charge in [-0.15, -0.1) is 0 Å². The van der Waals surface area contributed by atoms with Crippen LogP contribution < -0.4 is 10.1 Å². The average Bonchev–Trinajstić information content (AvgIpc) is 3.24. The molecule has 1 saturated heterocycles. The molecule has 0 radical (unpaired) electrons. The van der Waals surface area contributed by atoms with Crippen molar-refractivity contribution in [2.24, 2.45) is 5.92 Å². The van der Waals surface area contributed by atoms with Crippen LogP contribution in [0.25, 0.3) is 0 Å². The molecule has 0 bridgehead atoms. The Morgan fingerprint density at radius 2 is 2.14 bits per heavy atom. The van der Waals surface area contributed by atoms with Crippen molar-refractivity contribution in [1.82, 2.24) is 5.32 Å². The van der Waals surface area contributed by atoms with Crippen LogP contribution in [0.4, 0.5) is 0 Å². The third kappa shape index (κ3) is 2.68. The van der Waals surface area contributed by atoms with Gasteiger partial charge >= 0.3 is 0 Å². The quantitative estimate of drug-likeness (QED) is 0.906. The standard InChI is InChI=1S/C18H24ClNO/c19-16-10-13-6-9-21-17(13)14(11-16)12-18(15-4-5-15)7-2-1-3-8-20-18/h10-11,15,20H,1-9,12H2. The summed E-state index contributed by atoms with van der Waals surface area (Å²) >= 11 is 6.34. The number of hydrogen-bond donors (Lipinski definition) is 1. The van der Waals surface area contributed by atoms with E-state index in [9.17, 15) is 0 Å². The molecule has 21 heavy (non-hydrogen) atoms. The van der Waals surface area contributed by atoms with E-state index in [1.165, 1.54) is 56.2 Å². The molecule has 3 aliphatic rings. The number of ether oxygens (including phenoxy) is 1. The van der Waals surface area contributed by atoms with Crippen LogP contribution in [0.3, 0.4) is 0 Å². The highest BCUT2D eigenvalue weighted by Gasteiger charge is 2.45. The molecule has 1 aromatic carbocycles. The highest BCUT2D eigenvalue weighted by atomic mass is 35.5. The van der Waals surface area contributed by atoms with Gasteiger partial charge in [-0.1, -0.05) is 24.4 Å². The van der Waals surface area contributed by atoms with Gasteiger partial charge in [-0.2, -0.15) is 0 Å². The van der Waals surface area contributed by atoms with Crippen LogP contribution >= 0.6 is 11.6 Å². The van der Waals surface area contributed by atoms with Crippen LogP contribution in [-0.2, 0) is 12.8 Å². The van der Waals surface area contributed by atoms with E-state index in [2.05, 4.69) is 17.4 Å². The van der Waals surface area contributed by atoms with Crippen LogP contribution in [-0.4, -0.2) is 18.7 Å². The maximum absolute atomic E-state index is 6.34. The monoisotopic (exact) mass is 305 g/mol. The minimum Gasteiger partial charge on any atom is -0.493 e. The molecule has 1 aliphatic carbocycles. The van der Waals surface area contributed by atoms with Crippen LogP contribution in [0.5, 0.6) is 5.75 Å². The topological polar surface area (TPSA) is 21.3 Å². The molecule has 1 unspecified atom stereocenters. The maximum atomic E-state index is 6.34. The Balaban J connectivity index is 1.67. The first-order valence-electron chi connectivity index (χ1n) is 8.46. The smallest absolute Gasteiger partial charge is 0.125 e. The van der Waals surface area contributed by atoms with Gasteiger partial charge in [0.2, 0.25) is 0 Å². The average molecular weight is 306 g/mol. The lowest BCUT2D eigenvalue weighted by molar-refractivity contribution is 0.266. The molecule has 0 amide bonds. The highest BCUT2D eigenvalue weighted by molar-refractivity contribution is 6.30. The molecule has 2 nitrogen and oxygen atoms in total. The molecule has 1 atom stereocenters. The van der Waals surface area contributed by atoms with Gasteiger partial charge in [-0.25, -0.2) is 0 Å². The first-order chi connectivity index (χ1) is 10.3. The Hall–Kier alpha value is -0.730. The number of benzene rings is 1. The SMILES string of the molecule is Clc1cc2c(c(CC3(C4CC4)CCCCCN3)c1)OCC2. The predicted octanol–water partition coefficient (Wildman–Crippen LogP) is 4.13. The van der Waals surface area contributed by atoms with Crippen molar-refractivity contribution in [2.45, 2.75) is 56.9 Å². The summed E-state index contributed by atoms with van der Waals surface area (Å²) in [6.45, 7) is 1.98. The molecule has 2 aliphatic heterocycles. The summed E-state index contributed by atoms with van der Waals surface area (Å²) < 4.78 is 5.92. The lowest BCUT2D eigenvalue weighted by atomic mass is 9.81. The number of halogens is 1. The van der Waals surface area contributed by atoms with Crippen molar-refractivity contribution in [3.05, 3.63) is 28.3 Å². The van der Waals surface area contributed by atoms with E-state index in [-0.39, 0.29) is 0 Å². The van der Waals surface area contributed by atoms with Crippen LogP contribution in [0.2, 0.25) is 5.02 Å². The summed E-state index contributed by atoms with van der Waals surface area (Å²) in [5.74, 6) is 1.98. The Bertz CT molecular complexity index is 530. The molecule has 3 heteroatoms. The lowest BCUT2D eigenvalue weighted by Crippen LogP contribution is -2.48. The Morgan fingerprint density at radius 1 is 1.24 bits per heavy atom. The molecular formula is C18H24ClNO. The van der Waals surface area contributed by atoms with Gasteiger partial charge in [0.25, 0.3) is 0 Å². The third-order valence-electron chi connectivity index (χ3n) is 5.47. The van der Waals surface area contributed by atoms with Gasteiger partial charge in [-0.3, -0.25) is 0 Å². The molecule has 0 spiro atoms. The van der Waals surface area contributed by atoms with E-state index >= 15 is 0 Å². The normalized spacial score (nSPS) is 28.8. The third-order valence-corrected chi connectivity index (χ3v) is 5.69. The van der Waals surface area contributed by atoms with Crippen molar-refractivity contribution in [3.8, 4) is 5.75 Å². The van der Waals surface area contributed by atoms with Gasteiger partial charge in [-0.05, 0) is 67.8 Å². The van der Waals surface area contributed by atoms with E-state index in [1.807, 2.05) is 0 Å². The number of nitrogens with one attached hydrogen (secondary N) is 1. The van der Waals surface area contributed by atoms with Crippen LogP contribution in [0.15, 0.2) is 12.1 Å². The molecule has 0 aromatic heterocycles. The molecule has 1 aromatic rings. The van der Waals surface area contributed by atoms with Crippen molar-refractivity contribution < 1.29 is 4.74 Å². The lowest BCUT2D eigenvalue weighted by Gasteiger charge is -2.35. The number of hydrogen-bond acceptors (Lipinski definition) is 2. The molecular weight excluding hydrogens is 282 g/mol. The van der Waals surface area contributed by atoms with E-state index in [1.54, 1.807) is 0 Å². The van der Waals surface area contributed by atoms with Gasteiger partial charge < -0.3 is 10.1 Å². The summed E-state index contributed by atoms with van der Waals surface area (Å²) in [5.41, 5.74) is 2.93. The van der Waals surface area contributed by atoms with Crippen molar-refractivity contribution in [3.63, 3.8) is 0 Å². The van der Waals surface area contributed by atoms with Crippen molar-refractivity contribution >= 4 is 11.6 Å². The maximum Gasteiger partial charge on any atom is 0.125 e. The van der Waals surface area contributed by atoms with Gasteiger partial charge in [0, 0.05) is 17.0 Å². The summed E-state index contributed by atoms with van der Waals surface area (Å²) in [5, 5.41) is 4.79. The second kappa shape index (κ2) is 5.48. The summed E-state index contributed by atoms with van der Waals surface area (Å²) in [4.78, 5) is 0. The van der Waals surface area contributed by atoms with Crippen molar-refractivity contribution in [2.75, 3.05) is 13.2 Å². The zero-order chi connectivity index (χ0) is 14.3. The fourth-order valence-corrected chi connectivity index (χ4v) is 4.53. The molecule has 2 fully saturated rings. The van der Waals surface area contributed by atoms with E-state index in [0.29, 0.717) is 5.54 Å². The number of rotatable bonds is 3. The van der Waals surface area contributed by atoms with E-state index in [4.69, 9.17) is 16.3 Å². The summed E-state index contributed by atoms with van der Waals surface area (Å²) in [7, 11) is 0. The van der Waals surface area contributed by atoms with Gasteiger partial charge in [0.15, 0.2) is 0 Å². The highest BCUT2D eigenvalue weighted by Crippen LogP contribution is 2.47. The second-order valence-corrected chi connectivity index (χ2v) is 7.43. The van der Waals surface area contributed by atoms with E-state index < -0.39 is 0 Å². The zero-order valence-electron chi connectivity index (χ0n) is 12.6. The molecule has 114 valence electrons. The van der Waals surface area contributed by atoms with Gasteiger partial charge in [0.1, 0.15) is 5.75 Å².